The first-order valence-corrected chi connectivity index (χ1v) is 7.93. The molecule has 0 aliphatic carbocycles. The Kier molecular flexibility index (Phi) is 4.08. The van der Waals surface area contributed by atoms with Gasteiger partial charge in [0.25, 0.3) is 5.89 Å². The average Bonchev–Trinajstić information content (AvgIpc) is 3.11. The van der Waals surface area contributed by atoms with Gasteiger partial charge in [-0.15, -0.1) is 0 Å². The summed E-state index contributed by atoms with van der Waals surface area (Å²) in [5, 5.41) is 23.5. The zero-order valence-electron chi connectivity index (χ0n) is 13.1. The van der Waals surface area contributed by atoms with Gasteiger partial charge < -0.3 is 19.0 Å². The topological polar surface area (TPSA) is 110 Å². The molecule has 0 amide bonds. The monoisotopic (exact) mass is 368 g/mol. The number of benzene rings is 2. The maximum atomic E-state index is 12.2. The molecule has 4 aromatic rings. The summed E-state index contributed by atoms with van der Waals surface area (Å²) in [4.78, 5) is 16.4. The number of hydrogen-bond donors (Lipinski definition) is 2. The lowest BCUT2D eigenvalue weighted by Crippen LogP contribution is -2.29. The SMILES string of the molecule is O=c1oc2ccc(Cl)cc2cc1-c1nc(-c2cccc(B(O)O)c2)no1. The zero-order valence-corrected chi connectivity index (χ0v) is 13.8. The van der Waals surface area contributed by atoms with E-state index in [1.54, 1.807) is 42.5 Å². The van der Waals surface area contributed by atoms with Crippen LogP contribution in [-0.2, 0) is 0 Å². The third kappa shape index (κ3) is 3.01. The van der Waals surface area contributed by atoms with E-state index in [1.165, 1.54) is 6.07 Å². The second-order valence-electron chi connectivity index (χ2n) is 5.55. The van der Waals surface area contributed by atoms with E-state index in [2.05, 4.69) is 10.1 Å². The highest BCUT2D eigenvalue weighted by Gasteiger charge is 2.18. The van der Waals surface area contributed by atoms with Crippen LogP contribution >= 0.6 is 11.6 Å². The van der Waals surface area contributed by atoms with Crippen molar-refractivity contribution in [2.45, 2.75) is 0 Å². The number of halogens is 1. The lowest BCUT2D eigenvalue weighted by Gasteiger charge is -2.00. The van der Waals surface area contributed by atoms with Crippen LogP contribution in [0.25, 0.3) is 33.8 Å². The first-order valence-electron chi connectivity index (χ1n) is 7.55. The Morgan fingerprint density at radius 1 is 1.08 bits per heavy atom. The molecule has 0 radical (unpaired) electrons. The third-order valence-electron chi connectivity index (χ3n) is 3.79. The summed E-state index contributed by atoms with van der Waals surface area (Å²) >= 11 is 5.97. The molecule has 0 fully saturated rings. The minimum absolute atomic E-state index is 0.00873. The van der Waals surface area contributed by atoms with Gasteiger partial charge in [0.1, 0.15) is 11.1 Å². The van der Waals surface area contributed by atoms with Crippen molar-refractivity contribution < 1.29 is 19.0 Å². The van der Waals surface area contributed by atoms with E-state index in [0.717, 1.165) is 0 Å². The molecular formula is C17H10BClN2O5. The second-order valence-corrected chi connectivity index (χ2v) is 5.99. The van der Waals surface area contributed by atoms with Crippen molar-refractivity contribution in [3.05, 3.63) is 64.0 Å². The number of fused-ring (bicyclic) bond motifs is 1. The van der Waals surface area contributed by atoms with Crippen LogP contribution < -0.4 is 11.1 Å². The smallest absolute Gasteiger partial charge is 0.423 e. The summed E-state index contributed by atoms with van der Waals surface area (Å²) < 4.78 is 10.4. The van der Waals surface area contributed by atoms with Crippen molar-refractivity contribution in [2.75, 3.05) is 0 Å². The Hall–Kier alpha value is -2.94. The molecule has 2 N–H and O–H groups in total. The summed E-state index contributed by atoms with van der Waals surface area (Å²) in [6.07, 6.45) is 0. The fourth-order valence-electron chi connectivity index (χ4n) is 2.53. The van der Waals surface area contributed by atoms with Crippen LogP contribution in [-0.4, -0.2) is 27.3 Å². The summed E-state index contributed by atoms with van der Waals surface area (Å²) in [6.45, 7) is 0. The Bertz CT molecular complexity index is 1170. The van der Waals surface area contributed by atoms with Crippen LogP contribution in [0.2, 0.25) is 5.02 Å². The zero-order chi connectivity index (χ0) is 18.3. The van der Waals surface area contributed by atoms with E-state index >= 15 is 0 Å². The molecule has 0 aliphatic rings. The lowest BCUT2D eigenvalue weighted by atomic mass is 9.79. The van der Waals surface area contributed by atoms with E-state index in [4.69, 9.17) is 20.5 Å². The Balaban J connectivity index is 1.79. The summed E-state index contributed by atoms with van der Waals surface area (Å²) in [5.74, 6) is 0.193. The van der Waals surface area contributed by atoms with Gasteiger partial charge in [0.05, 0.1) is 0 Å². The van der Waals surface area contributed by atoms with E-state index in [9.17, 15) is 14.8 Å². The van der Waals surface area contributed by atoms with E-state index in [-0.39, 0.29) is 22.7 Å². The highest BCUT2D eigenvalue weighted by Crippen LogP contribution is 2.24. The molecule has 7 nitrogen and oxygen atoms in total. The molecule has 26 heavy (non-hydrogen) atoms. The number of hydrogen-bond acceptors (Lipinski definition) is 7. The molecule has 128 valence electrons. The van der Waals surface area contributed by atoms with Crippen LogP contribution in [0.4, 0.5) is 0 Å². The van der Waals surface area contributed by atoms with Crippen molar-refractivity contribution in [2.24, 2.45) is 0 Å². The van der Waals surface area contributed by atoms with Gasteiger partial charge in [-0.25, -0.2) is 4.79 Å². The fraction of sp³-hybridized carbons (Fsp3) is 0. The molecular weight excluding hydrogens is 358 g/mol. The molecule has 0 bridgehead atoms. The summed E-state index contributed by atoms with van der Waals surface area (Å²) in [6, 6.07) is 12.8. The van der Waals surface area contributed by atoms with Crippen molar-refractivity contribution in [1.82, 2.24) is 10.1 Å². The average molecular weight is 369 g/mol. The van der Waals surface area contributed by atoms with Crippen LogP contribution in [0.15, 0.2) is 62.3 Å². The van der Waals surface area contributed by atoms with Gasteiger partial charge in [-0.05, 0) is 29.7 Å². The summed E-state index contributed by atoms with van der Waals surface area (Å²) in [7, 11) is -1.61. The Morgan fingerprint density at radius 2 is 1.92 bits per heavy atom. The third-order valence-corrected chi connectivity index (χ3v) is 4.03. The maximum absolute atomic E-state index is 12.2. The van der Waals surface area contributed by atoms with Crippen molar-refractivity contribution in [3.8, 4) is 22.8 Å². The fourth-order valence-corrected chi connectivity index (χ4v) is 2.71. The van der Waals surface area contributed by atoms with E-state index in [1.807, 2.05) is 0 Å². The predicted octanol–water partition coefficient (Wildman–Crippen LogP) is 1.84. The minimum atomic E-state index is -1.61. The second kappa shape index (κ2) is 6.42. The highest BCUT2D eigenvalue weighted by atomic mass is 35.5. The summed E-state index contributed by atoms with van der Waals surface area (Å²) in [5.41, 5.74) is 0.687. The van der Waals surface area contributed by atoms with Gasteiger partial charge in [0, 0.05) is 16.0 Å². The molecule has 2 aromatic carbocycles. The number of nitrogens with zero attached hydrogens (tertiary/aromatic N) is 2. The van der Waals surface area contributed by atoms with Crippen molar-refractivity contribution in [3.63, 3.8) is 0 Å². The normalized spacial score (nSPS) is 11.0. The number of rotatable bonds is 3. The van der Waals surface area contributed by atoms with Gasteiger partial charge in [0.2, 0.25) is 5.82 Å². The quantitative estimate of drug-likeness (QED) is 0.419. The molecule has 0 atom stereocenters. The van der Waals surface area contributed by atoms with Crippen LogP contribution in [0.3, 0.4) is 0 Å². The molecule has 0 saturated carbocycles. The highest BCUT2D eigenvalue weighted by molar-refractivity contribution is 6.58. The molecule has 9 heteroatoms. The van der Waals surface area contributed by atoms with Crippen LogP contribution in [0, 0.1) is 0 Å². The Morgan fingerprint density at radius 3 is 2.73 bits per heavy atom. The van der Waals surface area contributed by atoms with Gasteiger partial charge >= 0.3 is 12.7 Å². The van der Waals surface area contributed by atoms with E-state index < -0.39 is 12.7 Å². The maximum Gasteiger partial charge on any atom is 0.488 e. The largest absolute Gasteiger partial charge is 0.488 e. The first kappa shape index (κ1) is 16.5. The Labute approximate surface area is 151 Å². The standard InChI is InChI=1S/C17H10BClN2O5/c19-12-4-5-14-10(7-12)8-13(17(22)25-14)16-20-15(21-26-16)9-2-1-3-11(6-9)18(23)24/h1-8,23-24H. The van der Waals surface area contributed by atoms with Gasteiger partial charge in [-0.1, -0.05) is 41.0 Å². The minimum Gasteiger partial charge on any atom is -0.423 e. The van der Waals surface area contributed by atoms with Crippen LogP contribution in [0.1, 0.15) is 0 Å². The van der Waals surface area contributed by atoms with Gasteiger partial charge in [-0.2, -0.15) is 4.98 Å². The molecule has 2 aromatic heterocycles. The van der Waals surface area contributed by atoms with Gasteiger partial charge in [-0.3, -0.25) is 0 Å². The molecule has 2 heterocycles. The van der Waals surface area contributed by atoms with Crippen molar-refractivity contribution >= 4 is 35.2 Å². The molecule has 4 rings (SSSR count). The predicted molar refractivity (Wildman–Crippen MR) is 96.0 cm³/mol. The molecule has 0 unspecified atom stereocenters. The van der Waals surface area contributed by atoms with Crippen molar-refractivity contribution in [1.29, 1.82) is 0 Å². The van der Waals surface area contributed by atoms with Crippen LogP contribution in [0.5, 0.6) is 0 Å². The molecule has 0 aliphatic heterocycles. The first-order chi connectivity index (χ1) is 12.5. The van der Waals surface area contributed by atoms with E-state index in [0.29, 0.717) is 21.6 Å². The van der Waals surface area contributed by atoms with Gasteiger partial charge in [0.15, 0.2) is 0 Å². The number of aromatic nitrogens is 2. The molecule has 0 spiro atoms. The lowest BCUT2D eigenvalue weighted by molar-refractivity contribution is 0.425. The molecule has 0 saturated heterocycles.